The van der Waals surface area contributed by atoms with Crippen LogP contribution in [0.3, 0.4) is 0 Å². The fourth-order valence-electron chi connectivity index (χ4n) is 4.62. The van der Waals surface area contributed by atoms with Gasteiger partial charge in [-0.15, -0.1) is 0 Å². The standard InChI is InChI=1S/C21H25N5OS/c27-19(15-8-12-28-13-15)26-11-4-9-21(14-26)20(23-16-5-1-2-6-16)24-18-17(25-21)7-3-10-22-18/h3,7-8,10,12-13,16,25H,1-2,4-6,9,11,14H2,(H,22,23,24). The van der Waals surface area contributed by atoms with Gasteiger partial charge >= 0.3 is 0 Å². The van der Waals surface area contributed by atoms with Crippen LogP contribution in [0.1, 0.15) is 48.9 Å². The minimum Gasteiger partial charge on any atom is -0.368 e. The predicted molar refractivity (Wildman–Crippen MR) is 113 cm³/mol. The number of thiophene rings is 1. The van der Waals surface area contributed by atoms with Gasteiger partial charge in [-0.2, -0.15) is 11.3 Å². The molecule has 2 aliphatic heterocycles. The highest BCUT2D eigenvalue weighted by molar-refractivity contribution is 7.08. The first kappa shape index (κ1) is 17.7. The van der Waals surface area contributed by atoms with E-state index in [1.165, 1.54) is 12.8 Å². The molecule has 0 aromatic carbocycles. The maximum absolute atomic E-state index is 13.0. The van der Waals surface area contributed by atoms with Crippen molar-refractivity contribution in [1.29, 1.82) is 0 Å². The van der Waals surface area contributed by atoms with Crippen LogP contribution >= 0.6 is 11.3 Å². The first-order valence-electron chi connectivity index (χ1n) is 10.1. The smallest absolute Gasteiger partial charge is 0.254 e. The lowest BCUT2D eigenvalue weighted by Crippen LogP contribution is -2.62. The minimum atomic E-state index is -0.372. The summed E-state index contributed by atoms with van der Waals surface area (Å²) >= 11 is 1.56. The summed E-state index contributed by atoms with van der Waals surface area (Å²) in [4.78, 5) is 24.6. The van der Waals surface area contributed by atoms with Crippen molar-refractivity contribution in [1.82, 2.24) is 9.88 Å². The van der Waals surface area contributed by atoms with Crippen LogP contribution in [-0.2, 0) is 0 Å². The number of hydrogen-bond donors (Lipinski definition) is 2. The maximum atomic E-state index is 13.0. The SMILES string of the molecule is O=C(c1ccsc1)N1CCCC2(C1)Nc1cccnc1NC2=NC1CCCC1. The van der Waals surface area contributed by atoms with E-state index in [2.05, 4.69) is 15.6 Å². The van der Waals surface area contributed by atoms with Gasteiger partial charge in [-0.1, -0.05) is 12.8 Å². The monoisotopic (exact) mass is 395 g/mol. The Hall–Kier alpha value is -2.41. The summed E-state index contributed by atoms with van der Waals surface area (Å²) in [7, 11) is 0. The van der Waals surface area contributed by atoms with Crippen LogP contribution < -0.4 is 10.6 Å². The highest BCUT2D eigenvalue weighted by atomic mass is 32.1. The molecule has 1 atom stereocenters. The van der Waals surface area contributed by atoms with Crippen molar-refractivity contribution in [3.05, 3.63) is 40.7 Å². The second kappa shape index (κ2) is 7.20. The molecule has 3 aliphatic rings. The normalized spacial score (nSPS) is 26.1. The molecule has 1 saturated heterocycles. The van der Waals surface area contributed by atoms with Gasteiger partial charge in [0.2, 0.25) is 0 Å². The fourth-order valence-corrected chi connectivity index (χ4v) is 5.25. The summed E-state index contributed by atoms with van der Waals surface area (Å²) in [6.07, 6.45) is 8.49. The van der Waals surface area contributed by atoms with E-state index in [1.54, 1.807) is 17.5 Å². The van der Waals surface area contributed by atoms with Crippen molar-refractivity contribution < 1.29 is 4.79 Å². The number of carbonyl (C=O) groups is 1. The van der Waals surface area contributed by atoms with Gasteiger partial charge < -0.3 is 15.5 Å². The van der Waals surface area contributed by atoms with Crippen molar-refractivity contribution in [3.63, 3.8) is 0 Å². The van der Waals surface area contributed by atoms with Crippen LogP contribution in [0, 0.1) is 0 Å². The van der Waals surface area contributed by atoms with Crippen LogP contribution in [0.15, 0.2) is 40.1 Å². The fraction of sp³-hybridized carbons (Fsp3) is 0.476. The molecule has 2 fully saturated rings. The van der Waals surface area contributed by atoms with Gasteiger partial charge in [0.25, 0.3) is 5.91 Å². The zero-order chi connectivity index (χ0) is 19.0. The third kappa shape index (κ3) is 3.17. The molecule has 7 heteroatoms. The number of aliphatic imine (C=N–C) groups is 1. The van der Waals surface area contributed by atoms with E-state index in [-0.39, 0.29) is 11.4 Å². The minimum absolute atomic E-state index is 0.110. The average molecular weight is 396 g/mol. The van der Waals surface area contributed by atoms with Crippen LogP contribution in [0.2, 0.25) is 0 Å². The number of anilines is 2. The topological polar surface area (TPSA) is 69.6 Å². The largest absolute Gasteiger partial charge is 0.368 e. The Bertz CT molecular complexity index is 890. The summed E-state index contributed by atoms with van der Waals surface area (Å²) in [6, 6.07) is 6.27. The van der Waals surface area contributed by atoms with Crippen molar-refractivity contribution in [3.8, 4) is 0 Å². The van der Waals surface area contributed by atoms with Crippen LogP contribution in [0.25, 0.3) is 0 Å². The van der Waals surface area contributed by atoms with Gasteiger partial charge in [0.05, 0.1) is 23.8 Å². The quantitative estimate of drug-likeness (QED) is 0.806. The van der Waals surface area contributed by atoms with E-state index >= 15 is 0 Å². The Morgan fingerprint density at radius 2 is 2.18 bits per heavy atom. The lowest BCUT2D eigenvalue weighted by Gasteiger charge is -2.47. The third-order valence-corrected chi connectivity index (χ3v) is 6.74. The van der Waals surface area contributed by atoms with Gasteiger partial charge in [-0.3, -0.25) is 9.79 Å². The highest BCUT2D eigenvalue weighted by Gasteiger charge is 2.45. The summed E-state index contributed by atoms with van der Waals surface area (Å²) < 4.78 is 0. The second-order valence-electron chi connectivity index (χ2n) is 7.99. The number of rotatable bonds is 2. The molecule has 6 nitrogen and oxygen atoms in total. The zero-order valence-corrected chi connectivity index (χ0v) is 16.7. The van der Waals surface area contributed by atoms with Gasteiger partial charge in [-0.25, -0.2) is 4.98 Å². The van der Waals surface area contributed by atoms with E-state index < -0.39 is 0 Å². The van der Waals surface area contributed by atoms with Crippen molar-refractivity contribution in [2.24, 2.45) is 4.99 Å². The molecule has 1 aliphatic carbocycles. The Morgan fingerprint density at radius 3 is 3.00 bits per heavy atom. The van der Waals surface area contributed by atoms with Gasteiger partial charge in [0.1, 0.15) is 11.4 Å². The van der Waals surface area contributed by atoms with Gasteiger partial charge in [0, 0.05) is 18.1 Å². The first-order valence-corrected chi connectivity index (χ1v) is 11.1. The van der Waals surface area contributed by atoms with Gasteiger partial charge in [0.15, 0.2) is 5.82 Å². The average Bonchev–Trinajstić information content (AvgIpc) is 3.42. The van der Waals surface area contributed by atoms with E-state index in [9.17, 15) is 4.79 Å². The molecular formula is C21H25N5OS. The van der Waals surface area contributed by atoms with Crippen molar-refractivity contribution >= 4 is 34.6 Å². The number of fused-ring (bicyclic) bond motifs is 1. The Labute approximate surface area is 169 Å². The molecule has 146 valence electrons. The lowest BCUT2D eigenvalue weighted by molar-refractivity contribution is 0.0695. The molecule has 1 saturated carbocycles. The van der Waals surface area contributed by atoms with Gasteiger partial charge in [-0.05, 0) is 49.3 Å². The van der Waals surface area contributed by atoms with Crippen molar-refractivity contribution in [2.45, 2.75) is 50.1 Å². The van der Waals surface area contributed by atoms with E-state index in [0.717, 1.165) is 55.1 Å². The number of nitrogens with one attached hydrogen (secondary N) is 2. The van der Waals surface area contributed by atoms with E-state index in [0.29, 0.717) is 12.6 Å². The summed E-state index contributed by atoms with van der Waals surface area (Å²) in [6.45, 7) is 1.41. The predicted octanol–water partition coefficient (Wildman–Crippen LogP) is 4.00. The number of piperidine rings is 1. The number of amidine groups is 1. The van der Waals surface area contributed by atoms with Crippen LogP contribution in [0.5, 0.6) is 0 Å². The zero-order valence-electron chi connectivity index (χ0n) is 15.9. The number of carbonyl (C=O) groups excluding carboxylic acids is 1. The molecule has 4 heterocycles. The molecule has 0 bridgehead atoms. The van der Waals surface area contributed by atoms with Crippen molar-refractivity contribution in [2.75, 3.05) is 23.7 Å². The second-order valence-corrected chi connectivity index (χ2v) is 8.77. The molecular weight excluding hydrogens is 370 g/mol. The number of amides is 1. The molecule has 5 rings (SSSR count). The number of nitrogens with zero attached hydrogens (tertiary/aromatic N) is 3. The highest BCUT2D eigenvalue weighted by Crippen LogP contribution is 2.36. The maximum Gasteiger partial charge on any atom is 0.254 e. The molecule has 2 aromatic heterocycles. The van der Waals surface area contributed by atoms with Crippen LogP contribution in [0.4, 0.5) is 11.5 Å². The lowest BCUT2D eigenvalue weighted by atomic mass is 9.85. The molecule has 2 N–H and O–H groups in total. The Morgan fingerprint density at radius 1 is 1.29 bits per heavy atom. The third-order valence-electron chi connectivity index (χ3n) is 6.06. The summed E-state index contributed by atoms with van der Waals surface area (Å²) in [5.41, 5.74) is 1.39. The molecule has 2 aromatic rings. The molecule has 1 unspecified atom stereocenters. The molecule has 0 radical (unpaired) electrons. The molecule has 1 spiro atoms. The van der Waals surface area contributed by atoms with E-state index in [4.69, 9.17) is 4.99 Å². The Kier molecular flexibility index (Phi) is 4.55. The number of hydrogen-bond acceptors (Lipinski definition) is 5. The Balaban J connectivity index is 1.49. The van der Waals surface area contributed by atoms with E-state index in [1.807, 2.05) is 33.9 Å². The van der Waals surface area contributed by atoms with Crippen LogP contribution in [-0.4, -0.2) is 46.3 Å². The number of aromatic nitrogens is 1. The number of likely N-dealkylation sites (tertiary alicyclic amines) is 1. The molecule has 1 amide bonds. The first-order chi connectivity index (χ1) is 13.7. The summed E-state index contributed by atoms with van der Waals surface area (Å²) in [5, 5.41) is 11.1. The number of pyridine rings is 1. The molecule has 28 heavy (non-hydrogen) atoms. The summed E-state index contributed by atoms with van der Waals surface area (Å²) in [5.74, 6) is 1.89.